The van der Waals surface area contributed by atoms with Gasteiger partial charge in [-0.3, -0.25) is 15.1 Å². The van der Waals surface area contributed by atoms with Crippen LogP contribution in [0.15, 0.2) is 52.4 Å². The average Bonchev–Trinajstić information content (AvgIpc) is 2.72. The normalized spacial score (nSPS) is 12.6. The maximum absolute atomic E-state index is 13.8. The van der Waals surface area contributed by atoms with Crippen LogP contribution < -0.4 is 15.4 Å². The van der Waals surface area contributed by atoms with Crippen molar-refractivity contribution < 1.29 is 17.7 Å². The molecule has 3 N–H and O–H groups in total. The first-order valence-corrected chi connectivity index (χ1v) is 10.6. The molecular formula is C19H25FIN5O4S. The summed E-state index contributed by atoms with van der Waals surface area (Å²) in [7, 11) is -2.33. The summed E-state index contributed by atoms with van der Waals surface area (Å²) in [4.78, 5) is 14.0. The number of aliphatic imine (C=N–C) groups is 1. The summed E-state index contributed by atoms with van der Waals surface area (Å²) in [5, 5.41) is 16.9. The number of nitrogens with zero attached hydrogens (tertiary/aromatic N) is 2. The van der Waals surface area contributed by atoms with Gasteiger partial charge in [-0.15, -0.1) is 24.0 Å². The van der Waals surface area contributed by atoms with E-state index in [0.717, 1.165) is 11.6 Å². The SMILES string of the molecule is CN=C(NCCNS(=O)(=O)c1cccc([N+](=O)[O-])c1)NC(C)c1ccc(C)c(F)c1.I. The minimum atomic E-state index is -3.89. The van der Waals surface area contributed by atoms with Gasteiger partial charge in [0.1, 0.15) is 5.82 Å². The van der Waals surface area contributed by atoms with Crippen molar-refractivity contribution >= 4 is 45.6 Å². The third-order valence-corrected chi connectivity index (χ3v) is 5.78. The van der Waals surface area contributed by atoms with Crippen molar-refractivity contribution in [1.29, 1.82) is 0 Å². The lowest BCUT2D eigenvalue weighted by Crippen LogP contribution is -2.42. The molecular weight excluding hydrogens is 540 g/mol. The fourth-order valence-electron chi connectivity index (χ4n) is 2.58. The molecule has 0 saturated carbocycles. The molecule has 170 valence electrons. The van der Waals surface area contributed by atoms with Crippen molar-refractivity contribution in [1.82, 2.24) is 15.4 Å². The van der Waals surface area contributed by atoms with Crippen molar-refractivity contribution in [2.24, 2.45) is 4.99 Å². The number of nitro groups is 1. The van der Waals surface area contributed by atoms with Gasteiger partial charge in [0.25, 0.3) is 5.69 Å². The van der Waals surface area contributed by atoms with E-state index in [4.69, 9.17) is 0 Å². The smallest absolute Gasteiger partial charge is 0.270 e. The predicted molar refractivity (Wildman–Crippen MR) is 128 cm³/mol. The summed E-state index contributed by atoms with van der Waals surface area (Å²) >= 11 is 0. The lowest BCUT2D eigenvalue weighted by atomic mass is 10.1. The van der Waals surface area contributed by atoms with Gasteiger partial charge in [0.2, 0.25) is 10.0 Å². The maximum atomic E-state index is 13.8. The molecule has 0 bridgehead atoms. The zero-order valence-corrected chi connectivity index (χ0v) is 20.4. The number of aryl methyl sites for hydroxylation is 1. The summed E-state index contributed by atoms with van der Waals surface area (Å²) in [5.41, 5.74) is 0.999. The summed E-state index contributed by atoms with van der Waals surface area (Å²) in [6, 6.07) is 9.55. The standard InChI is InChI=1S/C19H24FN5O4S.HI/c1-13-7-8-15(11-18(13)20)14(2)24-19(21-3)22-9-10-23-30(28,29)17-6-4-5-16(12-17)25(26)27;/h4-8,11-12,14,23H,9-10H2,1-3H3,(H2,21,22,24);1H. The first-order valence-electron chi connectivity index (χ1n) is 9.11. The second-order valence-electron chi connectivity index (χ2n) is 6.53. The van der Waals surface area contributed by atoms with Gasteiger partial charge in [0, 0.05) is 32.3 Å². The number of non-ortho nitro benzene ring substituents is 1. The molecule has 0 fully saturated rings. The second kappa shape index (κ2) is 11.9. The fourth-order valence-corrected chi connectivity index (χ4v) is 3.65. The minimum Gasteiger partial charge on any atom is -0.355 e. The van der Waals surface area contributed by atoms with Gasteiger partial charge in [0.05, 0.1) is 15.9 Å². The number of nitrogens with one attached hydrogen (secondary N) is 3. The second-order valence-corrected chi connectivity index (χ2v) is 8.29. The van der Waals surface area contributed by atoms with Crippen LogP contribution in [0.4, 0.5) is 10.1 Å². The number of guanidine groups is 1. The van der Waals surface area contributed by atoms with Crippen LogP contribution in [-0.2, 0) is 10.0 Å². The van der Waals surface area contributed by atoms with E-state index >= 15 is 0 Å². The Morgan fingerprint density at radius 2 is 1.94 bits per heavy atom. The monoisotopic (exact) mass is 565 g/mol. The van der Waals surface area contributed by atoms with Gasteiger partial charge in [-0.25, -0.2) is 17.5 Å². The Bertz CT molecular complexity index is 1050. The summed E-state index contributed by atoms with van der Waals surface area (Å²) in [6.07, 6.45) is 0. The van der Waals surface area contributed by atoms with Gasteiger partial charge < -0.3 is 10.6 Å². The number of sulfonamides is 1. The summed E-state index contributed by atoms with van der Waals surface area (Å²) in [5.74, 6) is 0.123. The van der Waals surface area contributed by atoms with Crippen molar-refractivity contribution in [3.63, 3.8) is 0 Å². The van der Waals surface area contributed by atoms with Crippen LogP contribution in [0.2, 0.25) is 0 Å². The summed E-state index contributed by atoms with van der Waals surface area (Å²) < 4.78 is 40.7. The van der Waals surface area contributed by atoms with Crippen LogP contribution in [0, 0.1) is 22.9 Å². The van der Waals surface area contributed by atoms with Gasteiger partial charge in [0.15, 0.2) is 5.96 Å². The molecule has 0 aliphatic heterocycles. The van der Waals surface area contributed by atoms with E-state index in [1.807, 2.05) is 13.0 Å². The molecule has 2 aromatic rings. The van der Waals surface area contributed by atoms with E-state index in [9.17, 15) is 22.9 Å². The van der Waals surface area contributed by atoms with Crippen LogP contribution >= 0.6 is 24.0 Å². The Morgan fingerprint density at radius 1 is 1.23 bits per heavy atom. The van der Waals surface area contributed by atoms with E-state index in [-0.39, 0.29) is 59.5 Å². The van der Waals surface area contributed by atoms with Crippen LogP contribution in [0.3, 0.4) is 0 Å². The molecule has 2 rings (SSSR count). The van der Waals surface area contributed by atoms with Crippen LogP contribution in [-0.4, -0.2) is 39.4 Å². The van der Waals surface area contributed by atoms with Crippen LogP contribution in [0.5, 0.6) is 0 Å². The lowest BCUT2D eigenvalue weighted by molar-refractivity contribution is -0.385. The van der Waals surface area contributed by atoms with E-state index in [1.54, 1.807) is 20.0 Å². The molecule has 12 heteroatoms. The molecule has 9 nitrogen and oxygen atoms in total. The van der Waals surface area contributed by atoms with Gasteiger partial charge in [-0.1, -0.05) is 18.2 Å². The lowest BCUT2D eigenvalue weighted by Gasteiger charge is -2.19. The molecule has 0 radical (unpaired) electrons. The van der Waals surface area contributed by atoms with Crippen LogP contribution in [0.1, 0.15) is 24.1 Å². The number of halogens is 2. The Labute approximate surface area is 197 Å². The molecule has 0 aliphatic rings. The highest BCUT2D eigenvalue weighted by Crippen LogP contribution is 2.17. The van der Waals surface area contributed by atoms with E-state index < -0.39 is 14.9 Å². The third-order valence-electron chi connectivity index (χ3n) is 4.32. The van der Waals surface area contributed by atoms with Gasteiger partial charge in [-0.05, 0) is 37.1 Å². The van der Waals surface area contributed by atoms with E-state index in [0.29, 0.717) is 11.5 Å². The molecule has 0 saturated heterocycles. The molecule has 1 unspecified atom stereocenters. The summed E-state index contributed by atoms with van der Waals surface area (Å²) in [6.45, 7) is 3.77. The predicted octanol–water partition coefficient (Wildman–Crippen LogP) is 2.86. The van der Waals surface area contributed by atoms with Crippen molar-refractivity contribution in [2.45, 2.75) is 24.8 Å². The van der Waals surface area contributed by atoms with E-state index in [2.05, 4.69) is 20.3 Å². The molecule has 2 aromatic carbocycles. The minimum absolute atomic E-state index is 0. The van der Waals surface area contributed by atoms with Crippen molar-refractivity contribution in [3.05, 3.63) is 69.5 Å². The zero-order valence-electron chi connectivity index (χ0n) is 17.3. The third kappa shape index (κ3) is 7.70. The fraction of sp³-hybridized carbons (Fsp3) is 0.316. The Balaban J connectivity index is 0.00000480. The molecule has 1 atom stereocenters. The zero-order chi connectivity index (χ0) is 22.3. The van der Waals surface area contributed by atoms with E-state index in [1.165, 1.54) is 24.3 Å². The number of rotatable bonds is 8. The number of nitro benzene ring substituents is 1. The molecule has 0 heterocycles. The molecule has 0 spiro atoms. The van der Waals surface area contributed by atoms with Crippen molar-refractivity contribution in [2.75, 3.05) is 20.1 Å². The Morgan fingerprint density at radius 3 is 2.55 bits per heavy atom. The highest BCUT2D eigenvalue weighted by Gasteiger charge is 2.17. The van der Waals surface area contributed by atoms with Gasteiger partial charge >= 0.3 is 0 Å². The van der Waals surface area contributed by atoms with Gasteiger partial charge in [-0.2, -0.15) is 0 Å². The first kappa shape index (κ1) is 26.7. The molecule has 0 aliphatic carbocycles. The number of hydrogen-bond acceptors (Lipinski definition) is 5. The average molecular weight is 565 g/mol. The quantitative estimate of drug-likeness (QED) is 0.113. The molecule has 0 amide bonds. The van der Waals surface area contributed by atoms with Crippen LogP contribution in [0.25, 0.3) is 0 Å². The highest BCUT2D eigenvalue weighted by atomic mass is 127. The Hall–Kier alpha value is -2.32. The largest absolute Gasteiger partial charge is 0.355 e. The van der Waals surface area contributed by atoms with Crippen molar-refractivity contribution in [3.8, 4) is 0 Å². The number of benzene rings is 2. The number of hydrogen-bond donors (Lipinski definition) is 3. The topological polar surface area (TPSA) is 126 Å². The first-order chi connectivity index (χ1) is 14.1. The highest BCUT2D eigenvalue weighted by molar-refractivity contribution is 14.0. The Kier molecular flexibility index (Phi) is 10.3. The maximum Gasteiger partial charge on any atom is 0.270 e. The molecule has 0 aromatic heterocycles. The molecule has 31 heavy (non-hydrogen) atoms.